The summed E-state index contributed by atoms with van der Waals surface area (Å²) in [5.41, 5.74) is 0.695. The van der Waals surface area contributed by atoms with Crippen molar-refractivity contribution in [3.63, 3.8) is 0 Å². The van der Waals surface area contributed by atoms with E-state index in [1.54, 1.807) is 24.2 Å². The molecule has 1 amide bonds. The van der Waals surface area contributed by atoms with Crippen LogP contribution >= 0.6 is 23.6 Å². The first-order valence-electron chi connectivity index (χ1n) is 10.5. The Labute approximate surface area is 200 Å². The van der Waals surface area contributed by atoms with E-state index in [-0.39, 0.29) is 16.0 Å². The van der Waals surface area contributed by atoms with E-state index in [0.29, 0.717) is 30.4 Å². The van der Waals surface area contributed by atoms with Crippen LogP contribution in [-0.4, -0.2) is 78.4 Å². The lowest BCUT2D eigenvalue weighted by Crippen LogP contribution is -2.46. The van der Waals surface area contributed by atoms with Gasteiger partial charge in [-0.05, 0) is 30.4 Å². The number of anilines is 2. The molecule has 11 nitrogen and oxygen atoms in total. The second kappa shape index (κ2) is 10.3. The van der Waals surface area contributed by atoms with Gasteiger partial charge in [0.15, 0.2) is 5.11 Å². The number of rotatable bonds is 7. The van der Waals surface area contributed by atoms with Crippen LogP contribution in [0.3, 0.4) is 0 Å². The van der Waals surface area contributed by atoms with Crippen molar-refractivity contribution in [1.82, 2.24) is 20.5 Å². The Balaban J connectivity index is 1.28. The lowest BCUT2D eigenvalue weighted by atomic mass is 10.2. The Bertz CT molecular complexity index is 1010. The fourth-order valence-corrected chi connectivity index (χ4v) is 4.71. The standard InChI is InChI=1S/C20H25N7O4S2/c1-21-19(32)23-11-15-12-26(20(28)31-15)14-2-4-17(22-10-14)25-8-6-24(7-9-25)13-16-3-5-18(33-16)27(29)30/h2-5,10,15H,6-9,11-13H2,1H3,(H2,21,23,32)/t15-/m0/s1. The van der Waals surface area contributed by atoms with E-state index in [2.05, 4.69) is 25.4 Å². The van der Waals surface area contributed by atoms with Crippen molar-refractivity contribution in [3.05, 3.63) is 45.5 Å². The van der Waals surface area contributed by atoms with E-state index >= 15 is 0 Å². The maximum absolute atomic E-state index is 12.3. The summed E-state index contributed by atoms with van der Waals surface area (Å²) in [6.07, 6.45) is 1.01. The molecule has 2 aliphatic heterocycles. The summed E-state index contributed by atoms with van der Waals surface area (Å²) in [5.74, 6) is 0.857. The number of nitro groups is 1. The van der Waals surface area contributed by atoms with Crippen LogP contribution in [0.1, 0.15) is 4.88 Å². The number of piperazine rings is 1. The van der Waals surface area contributed by atoms with E-state index in [9.17, 15) is 14.9 Å². The van der Waals surface area contributed by atoms with Crippen molar-refractivity contribution >= 4 is 51.3 Å². The van der Waals surface area contributed by atoms with Gasteiger partial charge in [0.25, 0.3) is 0 Å². The highest BCUT2D eigenvalue weighted by atomic mass is 32.1. The summed E-state index contributed by atoms with van der Waals surface area (Å²) in [7, 11) is 1.73. The van der Waals surface area contributed by atoms with Crippen LogP contribution < -0.4 is 20.4 Å². The van der Waals surface area contributed by atoms with Gasteiger partial charge in [0.2, 0.25) is 0 Å². The normalized spacial score (nSPS) is 18.8. The van der Waals surface area contributed by atoms with E-state index in [0.717, 1.165) is 36.9 Å². The van der Waals surface area contributed by atoms with E-state index in [4.69, 9.17) is 17.0 Å². The fraction of sp³-hybridized carbons (Fsp3) is 0.450. The predicted molar refractivity (Wildman–Crippen MR) is 130 cm³/mol. The molecule has 0 bridgehead atoms. The smallest absolute Gasteiger partial charge is 0.414 e. The van der Waals surface area contributed by atoms with Crippen LogP contribution in [0.2, 0.25) is 0 Å². The summed E-state index contributed by atoms with van der Waals surface area (Å²) < 4.78 is 5.40. The zero-order valence-electron chi connectivity index (χ0n) is 18.1. The Hall–Kier alpha value is -3.03. The molecule has 2 aliphatic rings. The van der Waals surface area contributed by atoms with Gasteiger partial charge in [-0.1, -0.05) is 11.3 Å². The lowest BCUT2D eigenvalue weighted by Gasteiger charge is -2.35. The monoisotopic (exact) mass is 491 g/mol. The largest absolute Gasteiger partial charge is 0.442 e. The maximum atomic E-state index is 12.3. The second-order valence-electron chi connectivity index (χ2n) is 7.71. The number of aromatic nitrogens is 1. The molecule has 0 unspecified atom stereocenters. The van der Waals surface area contributed by atoms with Crippen LogP contribution in [-0.2, 0) is 11.3 Å². The zero-order valence-corrected chi connectivity index (χ0v) is 19.7. The molecule has 4 heterocycles. The first-order valence-corrected chi connectivity index (χ1v) is 11.8. The number of hydrogen-bond donors (Lipinski definition) is 2. The SMILES string of the molecule is CNC(=S)NC[C@H]1CN(c2ccc(N3CCN(Cc4ccc([N+](=O)[O-])s4)CC3)nc2)C(=O)O1. The zero-order chi connectivity index (χ0) is 23.4. The maximum Gasteiger partial charge on any atom is 0.414 e. The molecule has 4 rings (SSSR count). The molecule has 2 saturated heterocycles. The summed E-state index contributed by atoms with van der Waals surface area (Å²) in [6.45, 7) is 4.89. The number of cyclic esters (lactones) is 1. The highest BCUT2D eigenvalue weighted by molar-refractivity contribution is 7.80. The van der Waals surface area contributed by atoms with Gasteiger partial charge < -0.3 is 20.3 Å². The minimum Gasteiger partial charge on any atom is -0.442 e. The fourth-order valence-electron chi connectivity index (χ4n) is 3.76. The number of nitrogens with one attached hydrogen (secondary N) is 2. The molecule has 0 radical (unpaired) electrons. The first kappa shape index (κ1) is 23.1. The molecule has 1 atom stereocenters. The molecule has 13 heteroatoms. The molecule has 33 heavy (non-hydrogen) atoms. The van der Waals surface area contributed by atoms with Crippen LogP contribution in [0, 0.1) is 10.1 Å². The number of thiophene rings is 1. The number of carbonyl (C=O) groups excluding carboxylic acids is 1. The molecule has 2 aromatic heterocycles. The minimum atomic E-state index is -0.394. The van der Waals surface area contributed by atoms with Crippen LogP contribution in [0.4, 0.5) is 21.3 Å². The minimum absolute atomic E-state index is 0.179. The summed E-state index contributed by atoms with van der Waals surface area (Å²) >= 11 is 6.28. The number of hydrogen-bond acceptors (Lipinski definition) is 9. The summed E-state index contributed by atoms with van der Waals surface area (Å²) in [4.78, 5) is 34.4. The van der Waals surface area contributed by atoms with E-state index in [1.807, 2.05) is 18.2 Å². The van der Waals surface area contributed by atoms with Crippen LogP contribution in [0.5, 0.6) is 0 Å². The number of carbonyl (C=O) groups is 1. The highest BCUT2D eigenvalue weighted by Gasteiger charge is 2.32. The van der Waals surface area contributed by atoms with E-state index in [1.165, 1.54) is 11.3 Å². The molecular formula is C20H25N7O4S2. The molecule has 2 aromatic rings. The molecule has 176 valence electrons. The third-order valence-electron chi connectivity index (χ3n) is 5.54. The molecule has 0 spiro atoms. The van der Waals surface area contributed by atoms with Crippen molar-refractivity contribution in [1.29, 1.82) is 0 Å². The molecule has 0 saturated carbocycles. The number of amides is 1. The Morgan fingerprint density at radius 1 is 1.30 bits per heavy atom. The molecular weight excluding hydrogens is 466 g/mol. The van der Waals surface area contributed by atoms with Gasteiger partial charge in [0, 0.05) is 50.7 Å². The molecule has 0 aliphatic carbocycles. The van der Waals surface area contributed by atoms with Crippen molar-refractivity contribution in [2.75, 3.05) is 56.1 Å². The predicted octanol–water partition coefficient (Wildman–Crippen LogP) is 1.79. The molecule has 2 N–H and O–H groups in total. The molecule has 0 aromatic carbocycles. The Morgan fingerprint density at radius 2 is 2.09 bits per heavy atom. The van der Waals surface area contributed by atoms with Gasteiger partial charge in [-0.2, -0.15) is 0 Å². The van der Waals surface area contributed by atoms with Crippen molar-refractivity contribution in [2.24, 2.45) is 0 Å². The van der Waals surface area contributed by atoms with Gasteiger partial charge in [0.1, 0.15) is 11.9 Å². The van der Waals surface area contributed by atoms with Gasteiger partial charge in [-0.25, -0.2) is 9.78 Å². The Kier molecular flexibility index (Phi) is 7.20. The van der Waals surface area contributed by atoms with Crippen LogP contribution in [0.25, 0.3) is 0 Å². The van der Waals surface area contributed by atoms with Crippen LogP contribution in [0.15, 0.2) is 30.5 Å². The summed E-state index contributed by atoms with van der Waals surface area (Å²) in [5, 5.41) is 17.4. The van der Waals surface area contributed by atoms with Gasteiger partial charge in [-0.3, -0.25) is 19.9 Å². The Morgan fingerprint density at radius 3 is 2.73 bits per heavy atom. The average molecular weight is 492 g/mol. The highest BCUT2D eigenvalue weighted by Crippen LogP contribution is 2.26. The van der Waals surface area contributed by atoms with Gasteiger partial charge in [-0.15, -0.1) is 0 Å². The quantitative estimate of drug-likeness (QED) is 0.337. The summed E-state index contributed by atoms with van der Waals surface area (Å²) in [6, 6.07) is 7.19. The van der Waals surface area contributed by atoms with E-state index < -0.39 is 6.09 Å². The van der Waals surface area contributed by atoms with Gasteiger partial charge >= 0.3 is 11.1 Å². The first-order chi connectivity index (χ1) is 15.9. The van der Waals surface area contributed by atoms with Crippen molar-refractivity contribution in [2.45, 2.75) is 12.6 Å². The van der Waals surface area contributed by atoms with Crippen molar-refractivity contribution < 1.29 is 14.5 Å². The van der Waals surface area contributed by atoms with Crippen molar-refractivity contribution in [3.8, 4) is 0 Å². The number of thiocarbonyl (C=S) groups is 1. The van der Waals surface area contributed by atoms with Gasteiger partial charge in [0.05, 0.1) is 29.9 Å². The second-order valence-corrected chi connectivity index (χ2v) is 9.27. The topological polar surface area (TPSA) is 116 Å². The third kappa shape index (κ3) is 5.67. The number of nitrogens with zero attached hydrogens (tertiary/aromatic N) is 5. The number of ether oxygens (including phenoxy) is 1. The molecule has 2 fully saturated rings. The third-order valence-corrected chi connectivity index (χ3v) is 6.91. The number of pyridine rings is 1. The average Bonchev–Trinajstić information content (AvgIpc) is 3.45. The lowest BCUT2D eigenvalue weighted by molar-refractivity contribution is -0.380.